The van der Waals surface area contributed by atoms with Gasteiger partial charge in [-0.2, -0.15) is 0 Å². The topological polar surface area (TPSA) is 80.2 Å². The molecule has 0 aliphatic carbocycles. The number of anilines is 1. The summed E-state index contributed by atoms with van der Waals surface area (Å²) in [5, 5.41) is 1.06. The molecule has 1 amide bonds. The highest BCUT2D eigenvalue weighted by Gasteiger charge is 2.24. The van der Waals surface area contributed by atoms with Gasteiger partial charge in [0.15, 0.2) is 15.0 Å². The van der Waals surface area contributed by atoms with Crippen molar-refractivity contribution < 1.29 is 13.2 Å². The van der Waals surface area contributed by atoms with Gasteiger partial charge in [-0.25, -0.2) is 13.4 Å². The van der Waals surface area contributed by atoms with Crippen LogP contribution in [0.2, 0.25) is 10.0 Å². The lowest BCUT2D eigenvalue weighted by Crippen LogP contribution is -2.30. The number of thiazole rings is 1. The van der Waals surface area contributed by atoms with Crippen LogP contribution in [-0.4, -0.2) is 30.5 Å². The monoisotopic (exact) mass is 491 g/mol. The van der Waals surface area contributed by atoms with Gasteiger partial charge in [-0.3, -0.25) is 14.7 Å². The second kappa shape index (κ2) is 8.55. The minimum Gasteiger partial charge on any atom is -0.279 e. The van der Waals surface area contributed by atoms with E-state index in [1.54, 1.807) is 42.7 Å². The Morgan fingerprint density at radius 3 is 2.65 bits per heavy atom. The lowest BCUT2D eigenvalue weighted by Gasteiger charge is -2.20. The van der Waals surface area contributed by atoms with Crippen LogP contribution in [0.15, 0.2) is 65.8 Å². The van der Waals surface area contributed by atoms with Gasteiger partial charge in [0.05, 0.1) is 32.2 Å². The third kappa shape index (κ3) is 4.72. The normalized spacial score (nSPS) is 11.6. The minimum absolute atomic E-state index is 0.193. The van der Waals surface area contributed by atoms with Crippen LogP contribution in [0.4, 0.5) is 5.13 Å². The van der Waals surface area contributed by atoms with Crippen molar-refractivity contribution in [3.05, 3.63) is 82.1 Å². The fourth-order valence-electron chi connectivity index (χ4n) is 2.95. The van der Waals surface area contributed by atoms with Gasteiger partial charge in [0.25, 0.3) is 5.91 Å². The van der Waals surface area contributed by atoms with E-state index < -0.39 is 9.84 Å². The van der Waals surface area contributed by atoms with Crippen molar-refractivity contribution in [3.63, 3.8) is 0 Å². The maximum Gasteiger partial charge on any atom is 0.261 e. The molecule has 0 saturated carbocycles. The summed E-state index contributed by atoms with van der Waals surface area (Å²) in [6.45, 7) is 0.203. The molecule has 0 saturated heterocycles. The summed E-state index contributed by atoms with van der Waals surface area (Å²) >= 11 is 13.6. The smallest absolute Gasteiger partial charge is 0.261 e. The molecule has 6 nitrogen and oxygen atoms in total. The maximum atomic E-state index is 13.5. The Morgan fingerprint density at radius 2 is 1.94 bits per heavy atom. The number of amides is 1. The zero-order chi connectivity index (χ0) is 22.2. The van der Waals surface area contributed by atoms with Crippen molar-refractivity contribution in [2.75, 3.05) is 11.2 Å². The fraction of sp³-hybridized carbons (Fsp3) is 0.0952. The first kappa shape index (κ1) is 21.7. The quantitative estimate of drug-likeness (QED) is 0.380. The molecule has 0 aliphatic rings. The minimum atomic E-state index is -3.37. The van der Waals surface area contributed by atoms with E-state index in [1.807, 2.05) is 6.07 Å². The van der Waals surface area contributed by atoms with E-state index in [9.17, 15) is 13.2 Å². The van der Waals surface area contributed by atoms with E-state index in [2.05, 4.69) is 9.97 Å². The number of hydrogen-bond acceptors (Lipinski definition) is 6. The molecule has 31 heavy (non-hydrogen) atoms. The lowest BCUT2D eigenvalue weighted by atomic mass is 10.2. The summed E-state index contributed by atoms with van der Waals surface area (Å²) in [6.07, 6.45) is 4.46. The van der Waals surface area contributed by atoms with Crippen LogP contribution >= 0.6 is 34.5 Å². The van der Waals surface area contributed by atoms with E-state index in [0.29, 0.717) is 20.4 Å². The number of halogens is 2. The van der Waals surface area contributed by atoms with Crippen molar-refractivity contribution in [3.8, 4) is 0 Å². The van der Waals surface area contributed by atoms with Crippen LogP contribution in [0.25, 0.3) is 10.2 Å². The highest BCUT2D eigenvalue weighted by Crippen LogP contribution is 2.33. The van der Waals surface area contributed by atoms with E-state index in [-0.39, 0.29) is 27.9 Å². The summed E-state index contributed by atoms with van der Waals surface area (Å²) in [4.78, 5) is 23.8. The second-order valence-corrected chi connectivity index (χ2v) is 10.6. The average Bonchev–Trinajstić information content (AvgIpc) is 3.16. The number of rotatable bonds is 5. The number of fused-ring (bicyclic) bond motifs is 1. The predicted molar refractivity (Wildman–Crippen MR) is 124 cm³/mol. The molecule has 2 aromatic heterocycles. The Balaban J connectivity index is 1.82. The number of hydrogen-bond donors (Lipinski definition) is 0. The summed E-state index contributed by atoms with van der Waals surface area (Å²) in [5.41, 5.74) is 1.63. The van der Waals surface area contributed by atoms with Gasteiger partial charge in [-0.05, 0) is 48.0 Å². The Morgan fingerprint density at radius 1 is 1.13 bits per heavy atom. The highest BCUT2D eigenvalue weighted by atomic mass is 35.5. The van der Waals surface area contributed by atoms with E-state index >= 15 is 0 Å². The highest BCUT2D eigenvalue weighted by molar-refractivity contribution is 7.90. The Bertz CT molecular complexity index is 1390. The first-order valence-corrected chi connectivity index (χ1v) is 12.5. The molecule has 0 radical (unpaired) electrons. The zero-order valence-corrected chi connectivity index (χ0v) is 19.3. The molecule has 0 bridgehead atoms. The van der Waals surface area contributed by atoms with Crippen molar-refractivity contribution in [1.82, 2.24) is 9.97 Å². The number of carbonyl (C=O) groups is 1. The van der Waals surface area contributed by atoms with Crippen LogP contribution in [0.5, 0.6) is 0 Å². The Hall–Kier alpha value is -2.52. The molecule has 4 rings (SSSR count). The standard InChI is InChI=1S/C21H15Cl2N3O3S2/c1-31(28,29)15-5-7-18-19(10-15)30-21(25-18)26(12-13-3-2-8-24-11-13)20(27)16-9-14(22)4-6-17(16)23/h2-11H,12H2,1H3. The van der Waals surface area contributed by atoms with Crippen molar-refractivity contribution in [2.24, 2.45) is 0 Å². The molecular formula is C21H15Cl2N3O3S2. The van der Waals surface area contributed by atoms with Gasteiger partial charge in [0.2, 0.25) is 0 Å². The summed E-state index contributed by atoms with van der Waals surface area (Å²) in [7, 11) is -3.37. The van der Waals surface area contributed by atoms with Gasteiger partial charge in [0.1, 0.15) is 0 Å². The van der Waals surface area contributed by atoms with Gasteiger partial charge in [-0.1, -0.05) is 40.6 Å². The molecule has 0 unspecified atom stereocenters. The Kier molecular flexibility index (Phi) is 5.98. The maximum absolute atomic E-state index is 13.5. The molecule has 2 aromatic carbocycles. The van der Waals surface area contributed by atoms with Crippen LogP contribution < -0.4 is 4.90 Å². The lowest BCUT2D eigenvalue weighted by molar-refractivity contribution is 0.0985. The zero-order valence-electron chi connectivity index (χ0n) is 16.1. The average molecular weight is 492 g/mol. The van der Waals surface area contributed by atoms with Crippen molar-refractivity contribution in [2.45, 2.75) is 11.4 Å². The van der Waals surface area contributed by atoms with Crippen LogP contribution in [0.3, 0.4) is 0 Å². The third-order valence-electron chi connectivity index (χ3n) is 4.48. The summed E-state index contributed by atoms with van der Waals surface area (Å²) < 4.78 is 24.5. The van der Waals surface area contributed by atoms with Crippen LogP contribution in [0.1, 0.15) is 15.9 Å². The molecule has 2 heterocycles. The van der Waals surface area contributed by atoms with E-state index in [1.165, 1.54) is 28.4 Å². The third-order valence-corrected chi connectivity index (χ3v) is 7.19. The summed E-state index contributed by atoms with van der Waals surface area (Å²) in [6, 6.07) is 13.0. The molecule has 4 aromatic rings. The van der Waals surface area contributed by atoms with Gasteiger partial charge in [0, 0.05) is 23.7 Å². The van der Waals surface area contributed by atoms with E-state index in [0.717, 1.165) is 11.8 Å². The molecule has 0 aliphatic heterocycles. The molecule has 10 heteroatoms. The number of nitrogens with zero attached hydrogens (tertiary/aromatic N) is 3. The Labute approximate surface area is 193 Å². The second-order valence-electron chi connectivity index (χ2n) is 6.77. The number of benzene rings is 2. The van der Waals surface area contributed by atoms with Gasteiger partial charge < -0.3 is 0 Å². The molecule has 0 atom stereocenters. The number of aromatic nitrogens is 2. The first-order chi connectivity index (χ1) is 14.7. The van der Waals surface area contributed by atoms with Crippen LogP contribution in [-0.2, 0) is 16.4 Å². The van der Waals surface area contributed by atoms with Crippen molar-refractivity contribution in [1.29, 1.82) is 0 Å². The number of sulfone groups is 1. The largest absolute Gasteiger partial charge is 0.279 e. The number of pyridine rings is 1. The van der Waals surface area contributed by atoms with E-state index in [4.69, 9.17) is 23.2 Å². The number of carbonyl (C=O) groups excluding carboxylic acids is 1. The summed E-state index contributed by atoms with van der Waals surface area (Å²) in [5.74, 6) is -0.376. The van der Waals surface area contributed by atoms with Gasteiger partial charge in [-0.15, -0.1) is 0 Å². The molecule has 0 N–H and O–H groups in total. The molecular weight excluding hydrogens is 477 g/mol. The fourth-order valence-corrected chi connectivity index (χ4v) is 5.04. The molecule has 0 spiro atoms. The first-order valence-electron chi connectivity index (χ1n) is 8.99. The molecule has 0 fully saturated rings. The van der Waals surface area contributed by atoms with Crippen molar-refractivity contribution >= 4 is 65.6 Å². The van der Waals surface area contributed by atoms with Crippen LogP contribution in [0, 0.1) is 0 Å². The van der Waals surface area contributed by atoms with Gasteiger partial charge >= 0.3 is 0 Å². The SMILES string of the molecule is CS(=O)(=O)c1ccc2nc(N(Cc3cccnc3)C(=O)c3cc(Cl)ccc3Cl)sc2c1. The molecule has 158 valence electrons. The predicted octanol–water partition coefficient (Wildman–Crippen LogP) is 5.25.